The van der Waals surface area contributed by atoms with Crippen LogP contribution in [-0.4, -0.2) is 7.12 Å². The third kappa shape index (κ3) is 5.50. The molecule has 6 aromatic carbocycles. The van der Waals surface area contributed by atoms with E-state index in [4.69, 9.17) is 0 Å². The smallest absolute Gasteiger partial charge is 0.519 e. The van der Waals surface area contributed by atoms with E-state index in [1.807, 2.05) is 0 Å². The number of halogens is 21. The van der Waals surface area contributed by atoms with Crippen LogP contribution in [0.25, 0.3) is 32.7 Å². The Bertz CT molecular complexity index is 2710. The second kappa shape index (κ2) is 13.7. The molecule has 6 aromatic rings. The normalized spacial score (nSPS) is 11.7. The van der Waals surface area contributed by atoms with Gasteiger partial charge < -0.3 is 9.31 Å². The highest BCUT2D eigenvalue weighted by molar-refractivity contribution is 6.66. The molecule has 0 saturated heterocycles. The van der Waals surface area contributed by atoms with E-state index in [2.05, 4.69) is 9.31 Å². The van der Waals surface area contributed by atoms with Crippen molar-refractivity contribution in [3.63, 3.8) is 0 Å². The standard InChI is InChI=1S/C32H2BF21O2/c34-3-1-2-4(35)31(12(3)36)55-33(56-32-10(20(44)27(51)29(53)30(32)54)9-18(42)25(49)28(52)26(50)19(9)43)11-5-6(15(39)22(46)21(11)45)14(38)8-7(13(5)37)16(40)23(47)24(48)17(8)41/h1-2H. The van der Waals surface area contributed by atoms with Gasteiger partial charge in [-0.25, -0.2) is 83.4 Å². The fourth-order valence-corrected chi connectivity index (χ4v) is 5.37. The van der Waals surface area contributed by atoms with E-state index in [1.165, 1.54) is 0 Å². The van der Waals surface area contributed by atoms with Crippen LogP contribution in [0.5, 0.6) is 11.5 Å². The van der Waals surface area contributed by atoms with Gasteiger partial charge in [0.2, 0.25) is 23.3 Å². The zero-order valence-electron chi connectivity index (χ0n) is 25.5. The van der Waals surface area contributed by atoms with Crippen LogP contribution in [0.1, 0.15) is 0 Å². The molecule has 0 atom stereocenters. The number of benzene rings is 6. The van der Waals surface area contributed by atoms with Gasteiger partial charge in [-0.05, 0) is 12.1 Å². The van der Waals surface area contributed by atoms with Crippen LogP contribution in [0.3, 0.4) is 0 Å². The van der Waals surface area contributed by atoms with Crippen molar-refractivity contribution in [3.05, 3.63) is 134 Å². The molecule has 0 aliphatic rings. The first kappa shape index (κ1) is 39.7. The fraction of sp³-hybridized carbons (Fsp3) is 0. The van der Waals surface area contributed by atoms with Crippen LogP contribution in [0.4, 0.5) is 92.2 Å². The maximum atomic E-state index is 16.1. The SMILES string of the molecule is Fc1ccc(F)c(OB(Oc2c(F)c(F)c(F)c(F)c2-c2c(F)c(F)c(F)c(F)c2F)c2c(F)c(F)c(F)c3c(F)c4c(F)c(F)c(F)c(F)c4c(F)c23)c1F. The Morgan fingerprint density at radius 2 is 0.607 bits per heavy atom. The lowest BCUT2D eigenvalue weighted by Crippen LogP contribution is -2.47. The summed E-state index contributed by atoms with van der Waals surface area (Å²) in [5.74, 6) is -67.5. The summed E-state index contributed by atoms with van der Waals surface area (Å²) in [6, 6.07) is -0.134. The first-order chi connectivity index (χ1) is 26.1. The molecule has 292 valence electrons. The molecule has 0 amide bonds. The first-order valence-electron chi connectivity index (χ1n) is 14.0. The minimum atomic E-state index is -4.15. The Balaban J connectivity index is 1.83. The van der Waals surface area contributed by atoms with E-state index in [9.17, 15) is 61.5 Å². The summed E-state index contributed by atoms with van der Waals surface area (Å²) in [5.41, 5.74) is -8.24. The summed E-state index contributed by atoms with van der Waals surface area (Å²) in [6.07, 6.45) is 0. The predicted octanol–water partition coefficient (Wildman–Crippen LogP) is 10.4. The maximum Gasteiger partial charge on any atom is 0.636 e. The molecule has 6 rings (SSSR count). The molecular weight excluding hydrogens is 826 g/mol. The van der Waals surface area contributed by atoms with E-state index >= 15 is 30.7 Å². The van der Waals surface area contributed by atoms with E-state index in [0.29, 0.717) is 0 Å². The van der Waals surface area contributed by atoms with Crippen LogP contribution in [-0.2, 0) is 0 Å². The molecule has 56 heavy (non-hydrogen) atoms. The summed E-state index contributed by atoms with van der Waals surface area (Å²) < 4.78 is 320. The molecule has 0 spiro atoms. The lowest BCUT2D eigenvalue weighted by atomic mass is 9.73. The Hall–Kier alpha value is -5.97. The van der Waals surface area contributed by atoms with E-state index in [0.717, 1.165) is 0 Å². The Morgan fingerprint density at radius 3 is 1.11 bits per heavy atom. The van der Waals surface area contributed by atoms with Crippen LogP contribution < -0.4 is 14.8 Å². The molecular formula is C32H2BF21O2. The quantitative estimate of drug-likeness (QED) is 0.0548. The Kier molecular flexibility index (Phi) is 9.68. The second-order valence-electron chi connectivity index (χ2n) is 10.9. The summed E-state index contributed by atoms with van der Waals surface area (Å²) in [7, 11) is -4.15. The van der Waals surface area contributed by atoms with Crippen molar-refractivity contribution in [2.24, 2.45) is 0 Å². The number of hydrogen-bond donors (Lipinski definition) is 0. The molecule has 0 N–H and O–H groups in total. The highest BCUT2D eigenvalue weighted by Gasteiger charge is 2.44. The summed E-state index contributed by atoms with van der Waals surface area (Å²) in [6.45, 7) is 0. The minimum Gasteiger partial charge on any atom is -0.519 e. The third-order valence-corrected chi connectivity index (χ3v) is 7.88. The molecule has 0 saturated carbocycles. The van der Waals surface area contributed by atoms with Gasteiger partial charge in [0.15, 0.2) is 98.8 Å². The van der Waals surface area contributed by atoms with Gasteiger partial charge >= 0.3 is 7.12 Å². The minimum absolute atomic E-state index is 0.0429. The Morgan fingerprint density at radius 1 is 0.268 bits per heavy atom. The fourth-order valence-electron chi connectivity index (χ4n) is 5.37. The van der Waals surface area contributed by atoms with Crippen molar-refractivity contribution in [2.45, 2.75) is 0 Å². The lowest BCUT2D eigenvalue weighted by Gasteiger charge is -2.23. The monoisotopic (exact) mass is 828 g/mol. The molecule has 24 heteroatoms. The van der Waals surface area contributed by atoms with Crippen molar-refractivity contribution in [3.8, 4) is 22.6 Å². The van der Waals surface area contributed by atoms with Crippen molar-refractivity contribution in [2.75, 3.05) is 0 Å². The van der Waals surface area contributed by atoms with Crippen molar-refractivity contribution in [1.82, 2.24) is 0 Å². The second-order valence-corrected chi connectivity index (χ2v) is 10.9. The molecule has 2 nitrogen and oxygen atoms in total. The van der Waals surface area contributed by atoms with Crippen molar-refractivity contribution >= 4 is 34.1 Å². The van der Waals surface area contributed by atoms with E-state index in [-0.39, 0.29) is 12.1 Å². The van der Waals surface area contributed by atoms with Gasteiger partial charge in [0, 0.05) is 5.39 Å². The molecule has 0 bridgehead atoms. The largest absolute Gasteiger partial charge is 0.636 e. The van der Waals surface area contributed by atoms with Gasteiger partial charge in [0.25, 0.3) is 0 Å². The number of hydrogen-bond acceptors (Lipinski definition) is 2. The molecule has 0 radical (unpaired) electrons. The highest BCUT2D eigenvalue weighted by atomic mass is 19.2. The van der Waals surface area contributed by atoms with Gasteiger partial charge in [-0.15, -0.1) is 0 Å². The summed E-state index contributed by atoms with van der Waals surface area (Å²) in [5, 5.41) is -9.90. The van der Waals surface area contributed by atoms with Crippen LogP contribution >= 0.6 is 0 Å². The summed E-state index contributed by atoms with van der Waals surface area (Å²) in [4.78, 5) is 0. The third-order valence-electron chi connectivity index (χ3n) is 7.88. The molecule has 0 aliphatic heterocycles. The molecule has 0 aromatic heterocycles. The predicted molar refractivity (Wildman–Crippen MR) is 146 cm³/mol. The van der Waals surface area contributed by atoms with E-state index < -0.39 is 179 Å². The van der Waals surface area contributed by atoms with Crippen LogP contribution in [0.15, 0.2) is 12.1 Å². The van der Waals surface area contributed by atoms with Gasteiger partial charge in [-0.3, -0.25) is 0 Å². The van der Waals surface area contributed by atoms with Crippen molar-refractivity contribution in [1.29, 1.82) is 0 Å². The zero-order valence-corrected chi connectivity index (χ0v) is 25.5. The lowest BCUT2D eigenvalue weighted by molar-refractivity contribution is 0.354. The first-order valence-corrected chi connectivity index (χ1v) is 14.0. The van der Waals surface area contributed by atoms with Crippen molar-refractivity contribution < 1.29 is 102 Å². The van der Waals surface area contributed by atoms with Gasteiger partial charge in [-0.1, -0.05) is 0 Å². The zero-order chi connectivity index (χ0) is 41.7. The number of rotatable bonds is 6. The van der Waals surface area contributed by atoms with Gasteiger partial charge in [-0.2, -0.15) is 8.78 Å². The topological polar surface area (TPSA) is 18.5 Å². The van der Waals surface area contributed by atoms with Crippen LogP contribution in [0.2, 0.25) is 0 Å². The molecule has 0 heterocycles. The maximum absolute atomic E-state index is 16.1. The van der Waals surface area contributed by atoms with E-state index in [1.54, 1.807) is 0 Å². The molecule has 0 fully saturated rings. The summed E-state index contributed by atoms with van der Waals surface area (Å²) >= 11 is 0. The highest BCUT2D eigenvalue weighted by Crippen LogP contribution is 2.44. The molecule has 0 unspecified atom stereocenters. The number of fused-ring (bicyclic) bond motifs is 2. The van der Waals surface area contributed by atoms with Gasteiger partial charge in [0.1, 0.15) is 11.6 Å². The Labute approximate surface area is 293 Å². The van der Waals surface area contributed by atoms with Gasteiger partial charge in [0.05, 0.1) is 32.7 Å². The molecule has 0 aliphatic carbocycles. The average molecular weight is 828 g/mol. The average Bonchev–Trinajstić information content (AvgIpc) is 3.16. The van der Waals surface area contributed by atoms with Crippen LogP contribution in [0, 0.1) is 122 Å².